The van der Waals surface area contributed by atoms with Crippen LogP contribution < -0.4 is 19.6 Å². The molecule has 0 saturated carbocycles. The molecule has 1 atom stereocenters. The zero-order chi connectivity index (χ0) is 22.8. The van der Waals surface area contributed by atoms with E-state index in [0.717, 1.165) is 9.13 Å². The van der Waals surface area contributed by atoms with Gasteiger partial charge in [0.25, 0.3) is 5.56 Å². The van der Waals surface area contributed by atoms with Gasteiger partial charge < -0.3 is 9.47 Å². The van der Waals surface area contributed by atoms with Crippen LogP contribution in [0.2, 0.25) is 0 Å². The highest BCUT2D eigenvalue weighted by atomic mass is 127. The van der Waals surface area contributed by atoms with E-state index < -0.39 is 12.0 Å². The van der Waals surface area contributed by atoms with Gasteiger partial charge in [0, 0.05) is 9.13 Å². The van der Waals surface area contributed by atoms with Gasteiger partial charge in [-0.2, -0.15) is 0 Å². The lowest BCUT2D eigenvalue weighted by atomic mass is 9.95. The predicted octanol–water partition coefficient (Wildman–Crippen LogP) is 3.41. The number of fused-ring (bicyclic) bond motifs is 1. The average molecular weight is 560 g/mol. The number of rotatable bonds is 5. The van der Waals surface area contributed by atoms with Crippen LogP contribution in [0.4, 0.5) is 0 Å². The molecule has 3 aromatic rings. The van der Waals surface area contributed by atoms with Crippen LogP contribution in [0.25, 0.3) is 6.08 Å². The first-order valence-corrected chi connectivity index (χ1v) is 11.9. The Morgan fingerprint density at radius 1 is 1.22 bits per heavy atom. The third-order valence-corrected chi connectivity index (χ3v) is 6.82. The van der Waals surface area contributed by atoms with Gasteiger partial charge in [0.1, 0.15) is 11.8 Å². The molecule has 1 aromatic heterocycles. The number of hydrogen-bond acceptors (Lipinski definition) is 6. The average Bonchev–Trinajstić information content (AvgIpc) is 3.09. The first-order chi connectivity index (χ1) is 15.4. The fourth-order valence-corrected chi connectivity index (χ4v) is 5.09. The molecule has 4 rings (SSSR count). The van der Waals surface area contributed by atoms with Crippen LogP contribution >= 0.6 is 33.9 Å². The summed E-state index contributed by atoms with van der Waals surface area (Å²) in [6.07, 6.45) is 1.85. The molecule has 0 fully saturated rings. The number of halogens is 1. The Morgan fingerprint density at radius 3 is 2.62 bits per heavy atom. The van der Waals surface area contributed by atoms with E-state index in [1.165, 1.54) is 11.3 Å². The molecule has 0 spiro atoms. The van der Waals surface area contributed by atoms with E-state index in [0.29, 0.717) is 31.9 Å². The van der Waals surface area contributed by atoms with Gasteiger partial charge in [0.2, 0.25) is 0 Å². The molecule has 2 aromatic carbocycles. The Kier molecular flexibility index (Phi) is 6.61. The van der Waals surface area contributed by atoms with E-state index in [4.69, 9.17) is 9.47 Å². The Balaban J connectivity index is 1.98. The van der Waals surface area contributed by atoms with Crippen LogP contribution in [-0.2, 0) is 9.53 Å². The molecule has 32 heavy (non-hydrogen) atoms. The van der Waals surface area contributed by atoms with Crippen LogP contribution in [0.3, 0.4) is 0 Å². The molecule has 1 aliphatic rings. The van der Waals surface area contributed by atoms with Crippen LogP contribution in [0, 0.1) is 3.57 Å². The molecule has 0 N–H and O–H groups in total. The van der Waals surface area contributed by atoms with E-state index in [9.17, 15) is 9.59 Å². The summed E-state index contributed by atoms with van der Waals surface area (Å²) in [5, 5.41) is 0. The number of hydrogen-bond donors (Lipinski definition) is 0. The lowest BCUT2D eigenvalue weighted by Crippen LogP contribution is -2.40. The van der Waals surface area contributed by atoms with Crippen molar-refractivity contribution in [2.45, 2.75) is 19.9 Å². The van der Waals surface area contributed by atoms with Gasteiger partial charge in [-0.15, -0.1) is 0 Å². The number of carbonyl (C=O) groups excluding carboxylic acids is 1. The molecule has 0 radical (unpaired) electrons. The Bertz CT molecular complexity index is 1390. The highest BCUT2D eigenvalue weighted by molar-refractivity contribution is 14.1. The second kappa shape index (κ2) is 9.41. The Hall–Kier alpha value is -2.72. The molecule has 2 heterocycles. The number of nitrogens with zero attached hydrogens (tertiary/aromatic N) is 2. The van der Waals surface area contributed by atoms with Crippen molar-refractivity contribution >= 4 is 46.0 Å². The summed E-state index contributed by atoms with van der Waals surface area (Å²) < 4.78 is 14.1. The van der Waals surface area contributed by atoms with Crippen molar-refractivity contribution in [2.24, 2.45) is 4.99 Å². The third kappa shape index (κ3) is 4.16. The molecular formula is C24H21IN2O4S. The number of thiazole rings is 1. The first-order valence-electron chi connectivity index (χ1n) is 10.0. The molecule has 0 aliphatic carbocycles. The van der Waals surface area contributed by atoms with Crippen molar-refractivity contribution < 1.29 is 14.3 Å². The maximum Gasteiger partial charge on any atom is 0.338 e. The molecule has 164 valence electrons. The first kappa shape index (κ1) is 22.5. The molecule has 0 unspecified atom stereocenters. The van der Waals surface area contributed by atoms with Crippen LogP contribution in [-0.4, -0.2) is 24.3 Å². The normalized spacial score (nSPS) is 15.9. The second-order valence-electron chi connectivity index (χ2n) is 7.10. The Labute approximate surface area is 202 Å². The number of para-hydroxylation sites is 1. The molecule has 1 aliphatic heterocycles. The number of benzene rings is 2. The summed E-state index contributed by atoms with van der Waals surface area (Å²) in [7, 11) is 1.57. The van der Waals surface area contributed by atoms with Crippen molar-refractivity contribution in [2.75, 3.05) is 13.7 Å². The topological polar surface area (TPSA) is 69.9 Å². The fourth-order valence-electron chi connectivity index (χ4n) is 3.69. The lowest BCUT2D eigenvalue weighted by molar-refractivity contribution is -0.139. The van der Waals surface area contributed by atoms with Crippen molar-refractivity contribution in [3.8, 4) is 5.75 Å². The molecule has 0 saturated heterocycles. The fraction of sp³-hybridized carbons (Fsp3) is 0.208. The third-order valence-electron chi connectivity index (χ3n) is 5.12. The molecular weight excluding hydrogens is 539 g/mol. The van der Waals surface area contributed by atoms with Crippen LogP contribution in [0.5, 0.6) is 5.75 Å². The number of esters is 1. The maximum absolute atomic E-state index is 13.6. The van der Waals surface area contributed by atoms with E-state index >= 15 is 0 Å². The largest absolute Gasteiger partial charge is 0.496 e. The minimum absolute atomic E-state index is 0.211. The minimum atomic E-state index is -0.694. The standard InChI is InChI=1S/C24H21IN2O4S/c1-4-31-23(29)20-14(2)26-24-27(21(20)17-7-5-6-8-18(17)30-3)22(28)19(32-24)13-15-9-11-16(25)12-10-15/h5-13,21H,4H2,1-3H3/b19-13-/t21-/m0/s1. The number of aromatic nitrogens is 1. The van der Waals surface area contributed by atoms with Gasteiger partial charge in [0.15, 0.2) is 4.80 Å². The highest BCUT2D eigenvalue weighted by Crippen LogP contribution is 2.35. The lowest BCUT2D eigenvalue weighted by Gasteiger charge is -2.25. The predicted molar refractivity (Wildman–Crippen MR) is 133 cm³/mol. The van der Waals surface area contributed by atoms with Gasteiger partial charge in [-0.1, -0.05) is 41.7 Å². The van der Waals surface area contributed by atoms with E-state index in [1.54, 1.807) is 25.5 Å². The number of ether oxygens (including phenoxy) is 2. The number of methoxy groups -OCH3 is 1. The van der Waals surface area contributed by atoms with Crippen molar-refractivity contribution in [1.82, 2.24) is 4.57 Å². The molecule has 6 nitrogen and oxygen atoms in total. The second-order valence-corrected chi connectivity index (χ2v) is 9.35. The van der Waals surface area contributed by atoms with E-state index in [1.807, 2.05) is 54.6 Å². The molecule has 8 heteroatoms. The zero-order valence-electron chi connectivity index (χ0n) is 17.8. The summed E-state index contributed by atoms with van der Waals surface area (Å²) in [5.41, 5.74) is 2.28. The summed E-state index contributed by atoms with van der Waals surface area (Å²) in [5.74, 6) is 0.0952. The van der Waals surface area contributed by atoms with Crippen LogP contribution in [0.15, 0.2) is 69.6 Å². The van der Waals surface area contributed by atoms with Crippen molar-refractivity contribution in [1.29, 1.82) is 0 Å². The van der Waals surface area contributed by atoms with Gasteiger partial charge in [-0.05, 0) is 66.3 Å². The van der Waals surface area contributed by atoms with Crippen LogP contribution in [0.1, 0.15) is 31.0 Å². The van der Waals surface area contributed by atoms with Gasteiger partial charge in [0.05, 0.1) is 29.5 Å². The van der Waals surface area contributed by atoms with E-state index in [2.05, 4.69) is 27.6 Å². The van der Waals surface area contributed by atoms with Gasteiger partial charge in [-0.25, -0.2) is 9.79 Å². The minimum Gasteiger partial charge on any atom is -0.496 e. The molecule has 0 amide bonds. The van der Waals surface area contributed by atoms with E-state index in [-0.39, 0.29) is 12.2 Å². The summed E-state index contributed by atoms with van der Waals surface area (Å²) in [6.45, 7) is 3.75. The van der Waals surface area contributed by atoms with Gasteiger partial charge in [-0.3, -0.25) is 9.36 Å². The summed E-state index contributed by atoms with van der Waals surface area (Å²) in [6, 6.07) is 14.6. The summed E-state index contributed by atoms with van der Waals surface area (Å²) in [4.78, 5) is 31.6. The molecule has 0 bridgehead atoms. The van der Waals surface area contributed by atoms with Crippen molar-refractivity contribution in [3.63, 3.8) is 0 Å². The SMILES string of the molecule is CCOC(=O)C1=C(C)N=c2s/c(=C\c3ccc(I)cc3)c(=O)n2[C@H]1c1ccccc1OC. The van der Waals surface area contributed by atoms with Gasteiger partial charge >= 0.3 is 5.97 Å². The maximum atomic E-state index is 13.6. The smallest absolute Gasteiger partial charge is 0.338 e. The zero-order valence-corrected chi connectivity index (χ0v) is 20.8. The number of allylic oxidation sites excluding steroid dienone is 1. The highest BCUT2D eigenvalue weighted by Gasteiger charge is 2.34. The summed E-state index contributed by atoms with van der Waals surface area (Å²) >= 11 is 3.55. The number of carbonyl (C=O) groups is 1. The van der Waals surface area contributed by atoms with Crippen molar-refractivity contribution in [3.05, 3.63) is 94.2 Å². The Morgan fingerprint density at radius 2 is 1.94 bits per heavy atom. The monoisotopic (exact) mass is 560 g/mol. The quantitative estimate of drug-likeness (QED) is 0.355.